The van der Waals surface area contributed by atoms with Gasteiger partial charge in [0.25, 0.3) is 5.91 Å². The minimum absolute atomic E-state index is 0.356. The highest BCUT2D eigenvalue weighted by molar-refractivity contribution is 5.96. The lowest BCUT2D eigenvalue weighted by Crippen LogP contribution is -2.31. The van der Waals surface area contributed by atoms with Gasteiger partial charge in [-0.15, -0.1) is 0 Å². The largest absolute Gasteiger partial charge is 0.355 e. The fourth-order valence-electron chi connectivity index (χ4n) is 1.24. The van der Waals surface area contributed by atoms with Gasteiger partial charge in [-0.2, -0.15) is 0 Å². The molecule has 0 saturated carbocycles. The van der Waals surface area contributed by atoms with Crippen LogP contribution in [-0.2, 0) is 16.0 Å². The van der Waals surface area contributed by atoms with Gasteiger partial charge in [0.15, 0.2) is 0 Å². The highest BCUT2D eigenvalue weighted by atomic mass is 16.5. The number of carbonyl (C=O) groups excluding carboxylic acids is 2. The number of hydrogen-bond donors (Lipinski definition) is 3. The van der Waals surface area contributed by atoms with Crippen molar-refractivity contribution in [2.45, 2.75) is 12.8 Å². The number of hydroxylamine groups is 1. The summed E-state index contributed by atoms with van der Waals surface area (Å²) in [6.45, 7) is 0.474. The zero-order valence-corrected chi connectivity index (χ0v) is 8.77. The van der Waals surface area contributed by atoms with E-state index in [4.69, 9.17) is 5.21 Å². The predicted molar refractivity (Wildman–Crippen MR) is 57.7 cm³/mol. The van der Waals surface area contributed by atoms with Crippen LogP contribution in [0, 0.1) is 0 Å². The monoisotopic (exact) mass is 222 g/mol. The van der Waals surface area contributed by atoms with Crippen molar-refractivity contribution in [3.8, 4) is 0 Å². The van der Waals surface area contributed by atoms with Gasteiger partial charge in [-0.25, -0.2) is 5.48 Å². The Morgan fingerprint density at radius 1 is 1.12 bits per heavy atom. The third kappa shape index (κ3) is 4.56. The average molecular weight is 222 g/mol. The smallest absolute Gasteiger partial charge is 0.252 e. The molecule has 16 heavy (non-hydrogen) atoms. The van der Waals surface area contributed by atoms with Gasteiger partial charge in [0.2, 0.25) is 5.91 Å². The zero-order valence-electron chi connectivity index (χ0n) is 8.77. The van der Waals surface area contributed by atoms with E-state index in [-0.39, 0.29) is 6.42 Å². The lowest BCUT2D eigenvalue weighted by Gasteiger charge is -2.04. The third-order valence-corrected chi connectivity index (χ3v) is 2.02. The third-order valence-electron chi connectivity index (χ3n) is 2.02. The van der Waals surface area contributed by atoms with Gasteiger partial charge >= 0.3 is 0 Å². The standard InChI is InChI=1S/C11H14N2O3/c14-10(8-11(15)13-16)12-7-6-9-4-2-1-3-5-9/h1-5,16H,6-8H2,(H,12,14)(H,13,15). The molecule has 0 fully saturated rings. The molecule has 1 aromatic carbocycles. The molecule has 0 radical (unpaired) electrons. The van der Waals surface area contributed by atoms with Gasteiger partial charge in [-0.05, 0) is 12.0 Å². The van der Waals surface area contributed by atoms with Crippen LogP contribution >= 0.6 is 0 Å². The van der Waals surface area contributed by atoms with Crippen LogP contribution < -0.4 is 10.8 Å². The summed E-state index contributed by atoms with van der Waals surface area (Å²) < 4.78 is 0. The van der Waals surface area contributed by atoms with Crippen LogP contribution in [0.2, 0.25) is 0 Å². The first kappa shape index (κ1) is 12.2. The summed E-state index contributed by atoms with van der Waals surface area (Å²) in [7, 11) is 0. The molecule has 1 aromatic rings. The van der Waals surface area contributed by atoms with E-state index in [1.807, 2.05) is 30.3 Å². The number of hydrogen-bond acceptors (Lipinski definition) is 3. The Kier molecular flexibility index (Phi) is 5.01. The summed E-state index contributed by atoms with van der Waals surface area (Å²) in [6.07, 6.45) is 0.360. The van der Waals surface area contributed by atoms with E-state index in [2.05, 4.69) is 5.32 Å². The summed E-state index contributed by atoms with van der Waals surface area (Å²) >= 11 is 0. The maximum absolute atomic E-state index is 11.1. The van der Waals surface area contributed by atoms with Crippen molar-refractivity contribution in [3.05, 3.63) is 35.9 Å². The lowest BCUT2D eigenvalue weighted by molar-refractivity contribution is -0.134. The van der Waals surface area contributed by atoms with Gasteiger partial charge in [-0.1, -0.05) is 30.3 Å². The molecule has 0 atom stereocenters. The molecule has 0 aliphatic heterocycles. The van der Waals surface area contributed by atoms with E-state index >= 15 is 0 Å². The van der Waals surface area contributed by atoms with Gasteiger partial charge in [0.05, 0.1) is 0 Å². The van der Waals surface area contributed by atoms with Crippen LogP contribution in [0.25, 0.3) is 0 Å². The van der Waals surface area contributed by atoms with Crippen molar-refractivity contribution in [3.63, 3.8) is 0 Å². The first-order valence-corrected chi connectivity index (χ1v) is 4.96. The Bertz CT molecular complexity index is 352. The van der Waals surface area contributed by atoms with Gasteiger partial charge in [0, 0.05) is 6.54 Å². The summed E-state index contributed by atoms with van der Waals surface area (Å²) in [5.74, 6) is -1.11. The number of carbonyl (C=O) groups is 2. The fraction of sp³-hybridized carbons (Fsp3) is 0.273. The van der Waals surface area contributed by atoms with Crippen molar-refractivity contribution in [2.75, 3.05) is 6.54 Å². The van der Waals surface area contributed by atoms with E-state index in [0.717, 1.165) is 5.56 Å². The van der Waals surface area contributed by atoms with Crippen LogP contribution in [0.3, 0.4) is 0 Å². The summed E-state index contributed by atoms with van der Waals surface area (Å²) in [5.41, 5.74) is 2.52. The topological polar surface area (TPSA) is 78.4 Å². The molecular formula is C11H14N2O3. The average Bonchev–Trinajstić information content (AvgIpc) is 2.30. The number of nitrogens with one attached hydrogen (secondary N) is 2. The Morgan fingerprint density at radius 3 is 2.44 bits per heavy atom. The molecule has 86 valence electrons. The Hall–Kier alpha value is -1.88. The van der Waals surface area contributed by atoms with Crippen molar-refractivity contribution < 1.29 is 14.8 Å². The highest BCUT2D eigenvalue weighted by Crippen LogP contribution is 1.98. The summed E-state index contributed by atoms with van der Waals surface area (Å²) in [6, 6.07) is 9.71. The minimum atomic E-state index is -0.711. The Balaban J connectivity index is 2.21. The molecule has 3 N–H and O–H groups in total. The number of rotatable bonds is 5. The molecular weight excluding hydrogens is 208 g/mol. The molecule has 0 aromatic heterocycles. The van der Waals surface area contributed by atoms with Gasteiger partial charge < -0.3 is 5.32 Å². The van der Waals surface area contributed by atoms with Crippen LogP contribution in [0.15, 0.2) is 30.3 Å². The van der Waals surface area contributed by atoms with E-state index < -0.39 is 11.8 Å². The normalized spacial score (nSPS) is 9.56. The zero-order chi connectivity index (χ0) is 11.8. The quantitative estimate of drug-likeness (QED) is 0.379. The molecule has 1 rings (SSSR count). The maximum Gasteiger partial charge on any atom is 0.252 e. The first-order chi connectivity index (χ1) is 7.72. The molecule has 5 nitrogen and oxygen atoms in total. The molecule has 0 aliphatic carbocycles. The van der Waals surface area contributed by atoms with E-state index in [1.54, 1.807) is 0 Å². The van der Waals surface area contributed by atoms with Crippen molar-refractivity contribution in [1.29, 1.82) is 0 Å². The van der Waals surface area contributed by atoms with Gasteiger partial charge in [-0.3, -0.25) is 14.8 Å². The first-order valence-electron chi connectivity index (χ1n) is 4.96. The Labute approximate surface area is 93.4 Å². The second kappa shape index (κ2) is 6.58. The van der Waals surface area contributed by atoms with Gasteiger partial charge in [0.1, 0.15) is 6.42 Å². The summed E-state index contributed by atoms with van der Waals surface area (Å²) in [5, 5.41) is 10.8. The van der Waals surface area contributed by atoms with Crippen molar-refractivity contribution in [1.82, 2.24) is 10.8 Å². The number of benzene rings is 1. The molecule has 0 bridgehead atoms. The van der Waals surface area contributed by atoms with E-state index in [0.29, 0.717) is 13.0 Å². The van der Waals surface area contributed by atoms with Crippen molar-refractivity contribution >= 4 is 11.8 Å². The van der Waals surface area contributed by atoms with Crippen LogP contribution in [-0.4, -0.2) is 23.6 Å². The maximum atomic E-state index is 11.1. The lowest BCUT2D eigenvalue weighted by atomic mass is 10.1. The fourth-order valence-corrected chi connectivity index (χ4v) is 1.24. The number of amides is 2. The highest BCUT2D eigenvalue weighted by Gasteiger charge is 2.06. The minimum Gasteiger partial charge on any atom is -0.355 e. The SMILES string of the molecule is O=C(CC(=O)NCCc1ccccc1)NO. The molecule has 0 spiro atoms. The molecule has 0 aliphatic rings. The van der Waals surface area contributed by atoms with E-state index in [1.165, 1.54) is 5.48 Å². The second-order valence-corrected chi connectivity index (χ2v) is 3.30. The predicted octanol–water partition coefficient (Wildman–Crippen LogP) is 0.241. The summed E-state index contributed by atoms with van der Waals surface area (Å²) in [4.78, 5) is 21.8. The molecule has 0 unspecified atom stereocenters. The van der Waals surface area contributed by atoms with Crippen LogP contribution in [0.4, 0.5) is 0 Å². The molecule has 0 saturated heterocycles. The Morgan fingerprint density at radius 2 is 1.81 bits per heavy atom. The molecule has 5 heteroatoms. The second-order valence-electron chi connectivity index (χ2n) is 3.30. The molecule has 0 heterocycles. The van der Waals surface area contributed by atoms with E-state index in [9.17, 15) is 9.59 Å². The van der Waals surface area contributed by atoms with Crippen LogP contribution in [0.5, 0.6) is 0 Å². The molecule has 2 amide bonds. The van der Waals surface area contributed by atoms with Crippen LogP contribution in [0.1, 0.15) is 12.0 Å². The van der Waals surface area contributed by atoms with Crippen molar-refractivity contribution in [2.24, 2.45) is 0 Å².